The van der Waals surface area contributed by atoms with Gasteiger partial charge in [0.05, 0.1) is 0 Å². The van der Waals surface area contributed by atoms with E-state index in [4.69, 9.17) is 23.6 Å². The molecule has 43 heavy (non-hydrogen) atoms. The van der Waals surface area contributed by atoms with Gasteiger partial charge in [0, 0.05) is 58.5 Å². The van der Waals surface area contributed by atoms with E-state index in [2.05, 4.69) is 27.1 Å². The van der Waals surface area contributed by atoms with Crippen LogP contribution in [0.1, 0.15) is 68.1 Å². The number of pyridine rings is 2. The van der Waals surface area contributed by atoms with Crippen molar-refractivity contribution >= 4 is 11.1 Å². The first-order chi connectivity index (χ1) is 25.7. The molecule has 3 aromatic carbocycles. The summed E-state index contributed by atoms with van der Waals surface area (Å²) in [5.74, 6) is -0.397. The first-order valence-corrected chi connectivity index (χ1v) is 13.1. The van der Waals surface area contributed by atoms with Gasteiger partial charge in [-0.1, -0.05) is 70.4 Å². The van der Waals surface area contributed by atoms with Crippen molar-refractivity contribution in [3.63, 3.8) is 0 Å². The second-order valence-corrected chi connectivity index (χ2v) is 10.6. The van der Waals surface area contributed by atoms with Crippen molar-refractivity contribution in [3.05, 3.63) is 125 Å². The molecule has 4 nitrogen and oxygen atoms in total. The summed E-state index contributed by atoms with van der Waals surface area (Å²) in [6.07, 6.45) is 1.30. The van der Waals surface area contributed by atoms with Crippen molar-refractivity contribution in [2.75, 3.05) is 0 Å². The van der Waals surface area contributed by atoms with Crippen LogP contribution in [0.4, 0.5) is 0 Å². The third-order valence-electron chi connectivity index (χ3n) is 6.06. The Bertz CT molecular complexity index is 2300. The van der Waals surface area contributed by atoms with Gasteiger partial charge in [-0.05, 0) is 58.9 Å². The molecule has 0 unspecified atom stereocenters. The molecule has 0 amide bonds. The Morgan fingerprint density at radius 3 is 2.21 bits per heavy atom. The van der Waals surface area contributed by atoms with E-state index in [1.54, 1.807) is 42.5 Å². The molecular weight excluding hydrogens is 707 g/mol. The molecule has 0 aliphatic carbocycles. The number of hydrogen-bond donors (Lipinski definition) is 0. The number of aromatic nitrogens is 3. The van der Waals surface area contributed by atoms with Gasteiger partial charge in [0.2, 0.25) is 0 Å². The second kappa shape index (κ2) is 13.6. The Morgan fingerprint density at radius 2 is 1.56 bits per heavy atom. The Labute approximate surface area is 288 Å². The minimum atomic E-state index is -2.51. The molecule has 0 spiro atoms. The zero-order chi connectivity index (χ0) is 41.6. The molecule has 0 atom stereocenters. The summed E-state index contributed by atoms with van der Waals surface area (Å²) in [4.78, 5) is 12.5. The Kier molecular flexibility index (Phi) is 5.69. The quantitative estimate of drug-likeness (QED) is 0.168. The number of nitrogens with zero attached hydrogens (tertiary/aromatic N) is 3. The zero-order valence-electron chi connectivity index (χ0n) is 37.7. The summed E-state index contributed by atoms with van der Waals surface area (Å²) in [6, 6.07) is 24.6. The minimum Gasteiger partial charge on any atom is -0.441 e. The van der Waals surface area contributed by atoms with E-state index in [9.17, 15) is 0 Å². The largest absolute Gasteiger partial charge is 0.441 e. The molecule has 6 rings (SSSR count). The van der Waals surface area contributed by atoms with Gasteiger partial charge < -0.3 is 14.4 Å². The summed E-state index contributed by atoms with van der Waals surface area (Å²) < 4.78 is 112. The van der Waals surface area contributed by atoms with Gasteiger partial charge in [-0.3, -0.25) is 0 Å². The second-order valence-electron chi connectivity index (χ2n) is 10.6. The van der Waals surface area contributed by atoms with Gasteiger partial charge in [-0.25, -0.2) is 4.98 Å². The van der Waals surface area contributed by atoms with E-state index >= 15 is 0 Å². The van der Waals surface area contributed by atoms with Crippen LogP contribution in [0.25, 0.3) is 44.7 Å². The summed E-state index contributed by atoms with van der Waals surface area (Å²) in [5.41, 5.74) is 3.98. The molecule has 6 aromatic rings. The first kappa shape index (κ1) is 18.0. The van der Waals surface area contributed by atoms with E-state index in [0.29, 0.717) is 39.2 Å². The number of benzene rings is 3. The van der Waals surface area contributed by atoms with Gasteiger partial charge in [-0.2, -0.15) is 0 Å². The standard InChI is InChI=1S/C21H17N2O.C17H20N.Ir/c1-13-4-8-19(22-12-13)17-6-5-14(2)18(10-17)16-7-9-21-20(11-16)23-15(3)24-21;1-13-5-8-15(9-6-13)16-10-7-14(12-18-16)11-17(2,3)4;/h4-5,7-12H,1-3H3;5-8,10,12H,11H2,1-4H3;/q2*-1;/i1D3,2D3,3D3;1D3,11D2;. The van der Waals surface area contributed by atoms with Crippen molar-refractivity contribution < 1.29 is 43.7 Å². The van der Waals surface area contributed by atoms with Crippen LogP contribution < -0.4 is 0 Å². The summed E-state index contributed by atoms with van der Waals surface area (Å²) >= 11 is 0. The van der Waals surface area contributed by atoms with Crippen LogP contribution in [-0.2, 0) is 26.5 Å². The summed E-state index contributed by atoms with van der Waals surface area (Å²) in [5, 5.41) is 0. The maximum Gasteiger partial charge on any atom is 0.192 e. The summed E-state index contributed by atoms with van der Waals surface area (Å²) in [6.45, 7) is -3.83. The van der Waals surface area contributed by atoms with Gasteiger partial charge in [0.15, 0.2) is 11.5 Å². The fraction of sp³-hybridized carbons (Fsp3) is 0.237. The maximum atomic E-state index is 8.25. The number of aryl methyl sites for hydroxylation is 4. The Balaban J connectivity index is 0.000000265. The normalized spacial score (nSPS) is 17.4. The minimum absolute atomic E-state index is 0. The summed E-state index contributed by atoms with van der Waals surface area (Å²) in [7, 11) is 0. The number of rotatable bonds is 4. The van der Waals surface area contributed by atoms with E-state index < -0.39 is 45.1 Å². The number of oxazole rings is 1. The molecule has 3 aromatic heterocycles. The van der Waals surface area contributed by atoms with E-state index in [-0.39, 0.29) is 47.9 Å². The van der Waals surface area contributed by atoms with Crippen molar-refractivity contribution in [1.82, 2.24) is 15.0 Å². The van der Waals surface area contributed by atoms with E-state index in [1.165, 1.54) is 42.7 Å². The van der Waals surface area contributed by atoms with Crippen molar-refractivity contribution in [2.24, 2.45) is 5.41 Å². The van der Waals surface area contributed by atoms with Crippen LogP contribution >= 0.6 is 0 Å². The van der Waals surface area contributed by atoms with Gasteiger partial charge >= 0.3 is 0 Å². The van der Waals surface area contributed by atoms with Gasteiger partial charge in [0.25, 0.3) is 0 Å². The number of fused-ring (bicyclic) bond motifs is 1. The van der Waals surface area contributed by atoms with Crippen molar-refractivity contribution in [3.8, 4) is 33.6 Å². The van der Waals surface area contributed by atoms with Gasteiger partial charge in [0.1, 0.15) is 5.52 Å². The van der Waals surface area contributed by atoms with Gasteiger partial charge in [-0.15, -0.1) is 64.7 Å². The van der Waals surface area contributed by atoms with Crippen LogP contribution in [0, 0.1) is 45.0 Å². The third kappa shape index (κ3) is 8.34. The number of hydrogen-bond acceptors (Lipinski definition) is 4. The van der Waals surface area contributed by atoms with Crippen LogP contribution in [0.2, 0.25) is 0 Å². The van der Waals surface area contributed by atoms with Crippen molar-refractivity contribution in [1.29, 1.82) is 0 Å². The van der Waals surface area contributed by atoms with Crippen LogP contribution in [0.15, 0.2) is 89.6 Å². The average Bonchev–Trinajstić information content (AvgIpc) is 3.55. The first-order valence-electron chi connectivity index (χ1n) is 20.1. The molecule has 0 saturated heterocycles. The van der Waals surface area contributed by atoms with Crippen LogP contribution in [0.5, 0.6) is 0 Å². The SMILES string of the molecule is [2H]C([2H])([2H])c1c[c-]c(-c2ccc(C([2H])([2H])C(C)(C)C)cn2)cc1.[2H]C([2H])([2H])c1ccc(-c2[c-]cc(C([2H])([2H])[2H])c(-c3ccc4oc(C([2H])([2H])[2H])nc4c3)c2)nc1.[Ir]. The molecule has 1 radical (unpaired) electrons. The average molecular weight is 758 g/mol. The fourth-order valence-corrected chi connectivity index (χ4v) is 4.17. The molecule has 0 bridgehead atoms. The predicted octanol–water partition coefficient (Wildman–Crippen LogP) is 9.73. The predicted molar refractivity (Wildman–Crippen MR) is 172 cm³/mol. The van der Waals surface area contributed by atoms with E-state index in [1.807, 2.05) is 20.8 Å². The third-order valence-corrected chi connectivity index (χ3v) is 6.06. The molecule has 0 saturated carbocycles. The molecular formula is C38H37IrN3O-2. The zero-order valence-corrected chi connectivity index (χ0v) is 26.1. The monoisotopic (exact) mass is 758 g/mol. The molecule has 5 heteroatoms. The van der Waals surface area contributed by atoms with E-state index in [0.717, 1.165) is 0 Å². The molecule has 0 fully saturated rings. The van der Waals surface area contributed by atoms with Crippen LogP contribution in [0.3, 0.4) is 0 Å². The topological polar surface area (TPSA) is 51.8 Å². The molecule has 0 aliphatic heterocycles. The Hall–Kier alpha value is -3.92. The fourth-order valence-electron chi connectivity index (χ4n) is 4.17. The maximum absolute atomic E-state index is 8.25. The molecule has 221 valence electrons. The van der Waals surface area contributed by atoms with Crippen LogP contribution in [-0.4, -0.2) is 15.0 Å². The van der Waals surface area contributed by atoms with Crippen molar-refractivity contribution in [2.45, 2.75) is 54.6 Å². The molecule has 3 heterocycles. The molecule has 0 N–H and O–H groups in total. The molecule has 0 aliphatic rings. The smallest absolute Gasteiger partial charge is 0.192 e. The Morgan fingerprint density at radius 1 is 0.791 bits per heavy atom.